The molecule has 0 aromatic heterocycles. The van der Waals surface area contributed by atoms with Crippen LogP contribution in [0.2, 0.25) is 0 Å². The highest BCUT2D eigenvalue weighted by Crippen LogP contribution is 2.21. The van der Waals surface area contributed by atoms with Gasteiger partial charge in [0.15, 0.2) is 0 Å². The van der Waals surface area contributed by atoms with Crippen molar-refractivity contribution < 1.29 is 14.4 Å². The molecule has 6 nitrogen and oxygen atoms in total. The molecule has 1 aliphatic heterocycles. The fraction of sp³-hybridized carbons (Fsp3) is 0.700. The van der Waals surface area contributed by atoms with Gasteiger partial charge in [-0.2, -0.15) is 0 Å². The first-order chi connectivity index (χ1) is 7.06. The summed E-state index contributed by atoms with van der Waals surface area (Å²) < 4.78 is 0. The van der Waals surface area contributed by atoms with Crippen LogP contribution in [-0.4, -0.2) is 40.2 Å². The number of rotatable bonds is 1. The Balaban J connectivity index is 3.06. The van der Waals surface area contributed by atoms with Gasteiger partial charge in [-0.1, -0.05) is 0 Å². The summed E-state index contributed by atoms with van der Waals surface area (Å²) in [7, 11) is 0. The fourth-order valence-corrected chi connectivity index (χ4v) is 1.46. The SMILES string of the molecule is CC(C)(N)C(=O)N1CC(=O)NC(=O)C1(C)C. The van der Waals surface area contributed by atoms with Crippen LogP contribution in [0.3, 0.4) is 0 Å². The molecule has 0 bridgehead atoms. The molecule has 1 fully saturated rings. The van der Waals surface area contributed by atoms with E-state index >= 15 is 0 Å². The van der Waals surface area contributed by atoms with Gasteiger partial charge in [0.25, 0.3) is 5.91 Å². The molecule has 0 aromatic carbocycles. The number of amides is 3. The summed E-state index contributed by atoms with van der Waals surface area (Å²) in [5.74, 6) is -1.39. The molecule has 0 spiro atoms. The van der Waals surface area contributed by atoms with Crippen molar-refractivity contribution in [2.75, 3.05) is 6.54 Å². The first kappa shape index (κ1) is 12.6. The summed E-state index contributed by atoms with van der Waals surface area (Å²) in [5.41, 5.74) is 3.53. The molecular formula is C10H17N3O3. The summed E-state index contributed by atoms with van der Waals surface area (Å²) in [6.07, 6.45) is 0. The van der Waals surface area contributed by atoms with Crippen LogP contribution in [0.25, 0.3) is 0 Å². The summed E-state index contributed by atoms with van der Waals surface area (Å²) in [4.78, 5) is 36.0. The summed E-state index contributed by atoms with van der Waals surface area (Å²) in [5, 5.41) is 2.19. The molecule has 0 aliphatic carbocycles. The Morgan fingerprint density at radius 2 is 1.94 bits per heavy atom. The number of nitrogens with two attached hydrogens (primary N) is 1. The van der Waals surface area contributed by atoms with Crippen LogP contribution in [0, 0.1) is 0 Å². The third-order valence-electron chi connectivity index (χ3n) is 2.58. The van der Waals surface area contributed by atoms with Gasteiger partial charge in [0.2, 0.25) is 11.8 Å². The average Bonchev–Trinajstić information content (AvgIpc) is 2.09. The van der Waals surface area contributed by atoms with E-state index in [4.69, 9.17) is 5.73 Å². The quantitative estimate of drug-likeness (QED) is 0.561. The average molecular weight is 227 g/mol. The van der Waals surface area contributed by atoms with Crippen molar-refractivity contribution in [1.29, 1.82) is 0 Å². The predicted octanol–water partition coefficient (Wildman–Crippen LogP) is -1.01. The second kappa shape index (κ2) is 3.55. The van der Waals surface area contributed by atoms with E-state index in [1.54, 1.807) is 27.7 Å². The van der Waals surface area contributed by atoms with E-state index in [9.17, 15) is 14.4 Å². The number of carbonyl (C=O) groups excluding carboxylic acids is 3. The molecule has 1 saturated heterocycles. The molecule has 16 heavy (non-hydrogen) atoms. The van der Waals surface area contributed by atoms with Gasteiger partial charge in [0, 0.05) is 0 Å². The van der Waals surface area contributed by atoms with Crippen molar-refractivity contribution in [2.45, 2.75) is 38.8 Å². The number of nitrogens with one attached hydrogen (secondary N) is 1. The van der Waals surface area contributed by atoms with Crippen molar-refractivity contribution in [2.24, 2.45) is 5.73 Å². The van der Waals surface area contributed by atoms with E-state index in [-0.39, 0.29) is 6.54 Å². The minimum absolute atomic E-state index is 0.141. The van der Waals surface area contributed by atoms with Gasteiger partial charge >= 0.3 is 0 Å². The standard InChI is InChI=1S/C10H17N3O3/c1-9(2,11)8(16)13-5-6(14)12-7(15)10(13,3)4/h5,11H2,1-4H3,(H,12,14,15). The highest BCUT2D eigenvalue weighted by Gasteiger charge is 2.46. The lowest BCUT2D eigenvalue weighted by Gasteiger charge is -2.42. The summed E-state index contributed by atoms with van der Waals surface area (Å²) in [6.45, 7) is 6.11. The number of hydrogen-bond donors (Lipinski definition) is 2. The van der Waals surface area contributed by atoms with Crippen LogP contribution >= 0.6 is 0 Å². The van der Waals surface area contributed by atoms with Crippen LogP contribution in [-0.2, 0) is 14.4 Å². The Kier molecular flexibility index (Phi) is 2.81. The number of nitrogens with zero attached hydrogens (tertiary/aromatic N) is 1. The van der Waals surface area contributed by atoms with Crippen molar-refractivity contribution >= 4 is 17.7 Å². The van der Waals surface area contributed by atoms with Crippen LogP contribution in [0.4, 0.5) is 0 Å². The van der Waals surface area contributed by atoms with Crippen LogP contribution in [0.5, 0.6) is 0 Å². The van der Waals surface area contributed by atoms with E-state index in [0.717, 1.165) is 0 Å². The molecule has 90 valence electrons. The maximum Gasteiger partial charge on any atom is 0.252 e. The highest BCUT2D eigenvalue weighted by molar-refractivity contribution is 6.07. The monoisotopic (exact) mass is 227 g/mol. The third-order valence-corrected chi connectivity index (χ3v) is 2.58. The maximum absolute atomic E-state index is 12.0. The Morgan fingerprint density at radius 1 is 1.44 bits per heavy atom. The molecular weight excluding hydrogens is 210 g/mol. The molecule has 1 aliphatic rings. The second-order valence-electron chi connectivity index (χ2n) is 5.05. The zero-order chi connectivity index (χ0) is 12.7. The Morgan fingerprint density at radius 3 is 2.38 bits per heavy atom. The number of carbonyl (C=O) groups is 3. The molecule has 0 atom stereocenters. The van der Waals surface area contributed by atoms with Gasteiger partial charge in [-0.25, -0.2) is 0 Å². The zero-order valence-corrected chi connectivity index (χ0v) is 9.96. The lowest BCUT2D eigenvalue weighted by Crippen LogP contribution is -2.69. The van der Waals surface area contributed by atoms with Gasteiger partial charge in [-0.15, -0.1) is 0 Å². The number of hydrogen-bond acceptors (Lipinski definition) is 4. The van der Waals surface area contributed by atoms with Crippen LogP contribution in [0.1, 0.15) is 27.7 Å². The topological polar surface area (TPSA) is 92.5 Å². The third kappa shape index (κ3) is 2.06. The fourth-order valence-electron chi connectivity index (χ4n) is 1.46. The predicted molar refractivity (Wildman–Crippen MR) is 57.2 cm³/mol. The van der Waals surface area contributed by atoms with E-state index in [0.29, 0.717) is 0 Å². The first-order valence-electron chi connectivity index (χ1n) is 5.02. The lowest BCUT2D eigenvalue weighted by molar-refractivity contribution is -0.157. The summed E-state index contributed by atoms with van der Waals surface area (Å²) >= 11 is 0. The molecule has 6 heteroatoms. The molecule has 1 rings (SSSR count). The molecule has 0 saturated carbocycles. The number of piperazine rings is 1. The Hall–Kier alpha value is -1.43. The van der Waals surface area contributed by atoms with Crippen LogP contribution < -0.4 is 11.1 Å². The van der Waals surface area contributed by atoms with Crippen LogP contribution in [0.15, 0.2) is 0 Å². The van der Waals surface area contributed by atoms with E-state index in [1.165, 1.54) is 4.90 Å². The number of imide groups is 1. The van der Waals surface area contributed by atoms with Gasteiger partial charge < -0.3 is 10.6 Å². The van der Waals surface area contributed by atoms with E-state index in [1.807, 2.05) is 0 Å². The minimum Gasteiger partial charge on any atom is -0.318 e. The second-order valence-corrected chi connectivity index (χ2v) is 5.05. The summed E-state index contributed by atoms with van der Waals surface area (Å²) in [6, 6.07) is 0. The smallest absolute Gasteiger partial charge is 0.252 e. The van der Waals surface area contributed by atoms with Gasteiger partial charge in [-0.05, 0) is 27.7 Å². The van der Waals surface area contributed by atoms with E-state index < -0.39 is 28.8 Å². The molecule has 0 unspecified atom stereocenters. The van der Waals surface area contributed by atoms with Crippen molar-refractivity contribution in [3.8, 4) is 0 Å². The highest BCUT2D eigenvalue weighted by atomic mass is 16.2. The maximum atomic E-state index is 12.0. The van der Waals surface area contributed by atoms with Crippen molar-refractivity contribution in [3.05, 3.63) is 0 Å². The largest absolute Gasteiger partial charge is 0.318 e. The molecule has 3 amide bonds. The first-order valence-corrected chi connectivity index (χ1v) is 5.02. The van der Waals surface area contributed by atoms with Gasteiger partial charge in [0.05, 0.1) is 5.54 Å². The Labute approximate surface area is 94.2 Å². The van der Waals surface area contributed by atoms with Crippen molar-refractivity contribution in [1.82, 2.24) is 10.2 Å². The van der Waals surface area contributed by atoms with E-state index in [2.05, 4.69) is 5.32 Å². The van der Waals surface area contributed by atoms with Gasteiger partial charge in [-0.3, -0.25) is 19.7 Å². The zero-order valence-electron chi connectivity index (χ0n) is 9.96. The normalized spacial score (nSPS) is 20.7. The van der Waals surface area contributed by atoms with Crippen molar-refractivity contribution in [3.63, 3.8) is 0 Å². The minimum atomic E-state index is -1.10. The Bertz CT molecular complexity index is 355. The molecule has 0 aromatic rings. The molecule has 3 N–H and O–H groups in total. The van der Waals surface area contributed by atoms with Gasteiger partial charge in [0.1, 0.15) is 12.1 Å². The lowest BCUT2D eigenvalue weighted by atomic mass is 9.94. The molecule has 1 heterocycles. The molecule has 0 radical (unpaired) electrons.